The molecule has 0 bridgehead atoms. The van der Waals surface area contributed by atoms with Gasteiger partial charge in [0.15, 0.2) is 0 Å². The number of carbonyl (C=O) groups is 2. The first-order valence-corrected chi connectivity index (χ1v) is 10.8. The Labute approximate surface area is 189 Å². The van der Waals surface area contributed by atoms with Crippen molar-refractivity contribution < 1.29 is 14.3 Å². The second-order valence-electron chi connectivity index (χ2n) is 8.51. The highest BCUT2D eigenvalue weighted by Gasteiger charge is 2.36. The summed E-state index contributed by atoms with van der Waals surface area (Å²) in [6.07, 6.45) is 0.216. The van der Waals surface area contributed by atoms with E-state index >= 15 is 0 Å². The molecule has 1 aliphatic heterocycles. The largest absolute Gasteiger partial charge is 0.457 e. The van der Waals surface area contributed by atoms with Crippen LogP contribution < -0.4 is 15.0 Å². The van der Waals surface area contributed by atoms with Gasteiger partial charge in [0.25, 0.3) is 0 Å². The predicted molar refractivity (Wildman–Crippen MR) is 127 cm³/mol. The normalized spacial score (nSPS) is 15.7. The lowest BCUT2D eigenvalue weighted by atomic mass is 10.1. The van der Waals surface area contributed by atoms with Crippen LogP contribution >= 0.6 is 0 Å². The molecule has 1 N–H and O–H groups in total. The van der Waals surface area contributed by atoms with Crippen LogP contribution in [-0.4, -0.2) is 18.4 Å². The van der Waals surface area contributed by atoms with Crippen LogP contribution in [0.1, 0.15) is 28.7 Å². The lowest BCUT2D eigenvalue weighted by Gasteiger charge is -2.21. The van der Waals surface area contributed by atoms with Crippen molar-refractivity contribution in [1.82, 2.24) is 0 Å². The fourth-order valence-electron chi connectivity index (χ4n) is 4.09. The number of benzene rings is 3. The van der Waals surface area contributed by atoms with Gasteiger partial charge in [-0.15, -0.1) is 0 Å². The maximum Gasteiger partial charge on any atom is 0.229 e. The third-order valence-corrected chi connectivity index (χ3v) is 6.04. The van der Waals surface area contributed by atoms with Gasteiger partial charge < -0.3 is 15.0 Å². The molecule has 2 amide bonds. The van der Waals surface area contributed by atoms with Gasteiger partial charge in [-0.3, -0.25) is 9.59 Å². The van der Waals surface area contributed by atoms with Crippen LogP contribution in [0.5, 0.6) is 11.5 Å². The first-order valence-electron chi connectivity index (χ1n) is 10.8. The molecule has 0 unspecified atom stereocenters. The number of para-hydroxylation sites is 1. The molecule has 5 nitrogen and oxygen atoms in total. The van der Waals surface area contributed by atoms with Gasteiger partial charge >= 0.3 is 0 Å². The molecule has 0 spiro atoms. The number of amides is 2. The van der Waals surface area contributed by atoms with E-state index in [2.05, 4.69) is 19.2 Å². The van der Waals surface area contributed by atoms with Crippen molar-refractivity contribution in [3.8, 4) is 11.5 Å². The first kappa shape index (κ1) is 21.6. The van der Waals surface area contributed by atoms with Gasteiger partial charge in [0.1, 0.15) is 11.5 Å². The van der Waals surface area contributed by atoms with Gasteiger partial charge in [0.05, 0.1) is 5.92 Å². The average molecular weight is 429 g/mol. The summed E-state index contributed by atoms with van der Waals surface area (Å²) in [5.74, 6) is 0.937. The molecule has 1 saturated heterocycles. The van der Waals surface area contributed by atoms with Crippen molar-refractivity contribution in [1.29, 1.82) is 0 Å². The molecule has 0 radical (unpaired) electrons. The number of rotatable bonds is 5. The Morgan fingerprint density at radius 2 is 1.53 bits per heavy atom. The van der Waals surface area contributed by atoms with Gasteiger partial charge in [0, 0.05) is 24.3 Å². The van der Waals surface area contributed by atoms with E-state index in [1.807, 2.05) is 74.5 Å². The molecule has 1 fully saturated rings. The Morgan fingerprint density at radius 3 is 2.19 bits per heavy atom. The summed E-state index contributed by atoms with van der Waals surface area (Å²) in [7, 11) is 0. The number of nitrogens with one attached hydrogen (secondary N) is 1. The molecule has 1 heterocycles. The minimum absolute atomic E-state index is 0.0142. The maximum absolute atomic E-state index is 12.8. The summed E-state index contributed by atoms with van der Waals surface area (Å²) >= 11 is 0. The minimum Gasteiger partial charge on any atom is -0.457 e. The van der Waals surface area contributed by atoms with Crippen molar-refractivity contribution in [3.05, 3.63) is 82.9 Å². The highest BCUT2D eigenvalue weighted by atomic mass is 16.5. The van der Waals surface area contributed by atoms with Crippen LogP contribution in [0.15, 0.2) is 60.7 Å². The van der Waals surface area contributed by atoms with Crippen molar-refractivity contribution >= 4 is 23.2 Å². The highest BCUT2D eigenvalue weighted by molar-refractivity contribution is 6.04. The molecule has 32 heavy (non-hydrogen) atoms. The summed E-state index contributed by atoms with van der Waals surface area (Å²) in [4.78, 5) is 27.2. The van der Waals surface area contributed by atoms with Crippen molar-refractivity contribution in [2.75, 3.05) is 16.8 Å². The zero-order valence-electron chi connectivity index (χ0n) is 18.9. The van der Waals surface area contributed by atoms with Crippen LogP contribution in [0.25, 0.3) is 0 Å². The molecule has 4 rings (SSSR count). The average Bonchev–Trinajstić information content (AvgIpc) is 3.13. The maximum atomic E-state index is 12.8. The van der Waals surface area contributed by atoms with Crippen molar-refractivity contribution in [3.63, 3.8) is 0 Å². The lowest BCUT2D eigenvalue weighted by molar-refractivity contribution is -0.122. The Morgan fingerprint density at radius 1 is 0.875 bits per heavy atom. The second kappa shape index (κ2) is 8.87. The fraction of sp³-hybridized carbons (Fsp3) is 0.259. The van der Waals surface area contributed by atoms with Crippen LogP contribution in [0.3, 0.4) is 0 Å². The number of carbonyl (C=O) groups excluding carboxylic acids is 2. The summed E-state index contributed by atoms with van der Waals surface area (Å²) in [5.41, 5.74) is 6.07. The molecule has 1 aliphatic rings. The van der Waals surface area contributed by atoms with E-state index in [0.717, 1.165) is 22.6 Å². The topological polar surface area (TPSA) is 58.6 Å². The number of hydrogen-bond donors (Lipinski definition) is 1. The molecule has 5 heteroatoms. The quantitative estimate of drug-likeness (QED) is 0.567. The van der Waals surface area contributed by atoms with Gasteiger partial charge in [0.2, 0.25) is 11.8 Å². The number of hydrogen-bond acceptors (Lipinski definition) is 3. The van der Waals surface area contributed by atoms with E-state index in [1.54, 1.807) is 4.90 Å². The molecule has 164 valence electrons. The number of nitrogens with zero attached hydrogens (tertiary/aromatic N) is 1. The summed E-state index contributed by atoms with van der Waals surface area (Å²) < 4.78 is 5.91. The standard InChI is InChI=1S/C27H28N2O3/c1-17-8-11-24(14-20(17)4)32-23-12-9-22(10-13-23)28-27(31)21-15-25(30)29(16-21)26-18(2)6-5-7-19(26)3/h5-14,21H,15-16H2,1-4H3,(H,28,31)/t21-/m0/s1. The molecular weight excluding hydrogens is 400 g/mol. The van der Waals surface area contributed by atoms with Crippen LogP contribution in [0, 0.1) is 33.6 Å². The zero-order valence-corrected chi connectivity index (χ0v) is 18.9. The highest BCUT2D eigenvalue weighted by Crippen LogP contribution is 2.31. The molecule has 0 aromatic heterocycles. The fourth-order valence-corrected chi connectivity index (χ4v) is 4.09. The number of anilines is 2. The first-order chi connectivity index (χ1) is 15.3. The van der Waals surface area contributed by atoms with E-state index in [4.69, 9.17) is 4.74 Å². The Hall–Kier alpha value is -3.60. The third kappa shape index (κ3) is 4.52. The third-order valence-electron chi connectivity index (χ3n) is 6.04. The molecule has 3 aromatic carbocycles. The van der Waals surface area contributed by atoms with Crippen molar-refractivity contribution in [2.45, 2.75) is 34.1 Å². The van der Waals surface area contributed by atoms with E-state index in [1.165, 1.54) is 11.1 Å². The SMILES string of the molecule is Cc1ccc(Oc2ccc(NC(=O)[C@H]3CC(=O)N(c4c(C)cccc4C)C3)cc2)cc1C. The van der Waals surface area contributed by atoms with E-state index in [9.17, 15) is 9.59 Å². The smallest absolute Gasteiger partial charge is 0.229 e. The Kier molecular flexibility index (Phi) is 5.99. The van der Waals surface area contributed by atoms with E-state index in [-0.39, 0.29) is 24.2 Å². The lowest BCUT2D eigenvalue weighted by Crippen LogP contribution is -2.29. The van der Waals surface area contributed by atoms with Gasteiger partial charge in [-0.2, -0.15) is 0 Å². The van der Waals surface area contributed by atoms with E-state index in [0.29, 0.717) is 18.0 Å². The Balaban J connectivity index is 1.40. The monoisotopic (exact) mass is 428 g/mol. The van der Waals surface area contributed by atoms with Gasteiger partial charge in [-0.05, 0) is 86.3 Å². The predicted octanol–water partition coefficient (Wildman–Crippen LogP) is 5.70. The molecule has 1 atom stereocenters. The minimum atomic E-state index is -0.382. The van der Waals surface area contributed by atoms with Crippen LogP contribution in [0.4, 0.5) is 11.4 Å². The number of ether oxygens (including phenoxy) is 1. The van der Waals surface area contributed by atoms with Gasteiger partial charge in [-0.25, -0.2) is 0 Å². The summed E-state index contributed by atoms with van der Waals surface area (Å²) in [5, 5.41) is 2.94. The molecule has 0 saturated carbocycles. The summed E-state index contributed by atoms with van der Waals surface area (Å²) in [6.45, 7) is 8.49. The number of aryl methyl sites for hydroxylation is 4. The van der Waals surface area contributed by atoms with Crippen LogP contribution in [-0.2, 0) is 9.59 Å². The molecule has 0 aliphatic carbocycles. The Bertz CT molecular complexity index is 1150. The van der Waals surface area contributed by atoms with E-state index < -0.39 is 0 Å². The van der Waals surface area contributed by atoms with Gasteiger partial charge in [-0.1, -0.05) is 24.3 Å². The van der Waals surface area contributed by atoms with Crippen molar-refractivity contribution in [2.24, 2.45) is 5.92 Å². The van der Waals surface area contributed by atoms with Crippen LogP contribution in [0.2, 0.25) is 0 Å². The zero-order chi connectivity index (χ0) is 22.8. The summed E-state index contributed by atoms with van der Waals surface area (Å²) in [6, 6.07) is 19.2. The molecule has 3 aromatic rings. The second-order valence-corrected chi connectivity index (χ2v) is 8.51. The molecular formula is C27H28N2O3.